The highest BCUT2D eigenvalue weighted by molar-refractivity contribution is 5.43. The largest absolute Gasteiger partial charge is 0.416 e. The van der Waals surface area contributed by atoms with Crippen molar-refractivity contribution in [3.05, 3.63) is 89.4 Å². The van der Waals surface area contributed by atoms with Gasteiger partial charge in [0.05, 0.1) is 17.8 Å². The Morgan fingerprint density at radius 1 is 0.963 bits per heavy atom. The van der Waals surface area contributed by atoms with Gasteiger partial charge in [0.25, 0.3) is 0 Å². The summed E-state index contributed by atoms with van der Waals surface area (Å²) in [4.78, 5) is 10.3. The standard InChI is InChI=1S/C20H15F3N4/c21-20(22,23)16-6-3-5-15(11-16)13-27(14-18-7-1-2-10-25-18)19-9-4-8-17(12-24)26-19/h1-11H,13-14H2. The maximum atomic E-state index is 13.0. The third-order valence-electron chi connectivity index (χ3n) is 3.88. The van der Waals surface area contributed by atoms with Crippen LogP contribution in [0.4, 0.5) is 19.0 Å². The number of benzene rings is 1. The molecule has 0 radical (unpaired) electrons. The highest BCUT2D eigenvalue weighted by atomic mass is 19.4. The number of alkyl halides is 3. The fourth-order valence-electron chi connectivity index (χ4n) is 2.63. The zero-order valence-corrected chi connectivity index (χ0v) is 14.2. The van der Waals surface area contributed by atoms with Crippen LogP contribution in [0, 0.1) is 11.3 Å². The molecule has 0 unspecified atom stereocenters. The van der Waals surface area contributed by atoms with E-state index in [-0.39, 0.29) is 12.2 Å². The molecule has 0 N–H and O–H groups in total. The van der Waals surface area contributed by atoms with Gasteiger partial charge in [-0.1, -0.05) is 24.3 Å². The Balaban J connectivity index is 1.93. The number of rotatable bonds is 5. The van der Waals surface area contributed by atoms with Crippen molar-refractivity contribution in [1.82, 2.24) is 9.97 Å². The molecular formula is C20H15F3N4. The van der Waals surface area contributed by atoms with E-state index in [0.29, 0.717) is 17.9 Å². The second-order valence-electron chi connectivity index (χ2n) is 5.87. The van der Waals surface area contributed by atoms with Crippen molar-refractivity contribution >= 4 is 5.82 Å². The second-order valence-corrected chi connectivity index (χ2v) is 5.87. The number of anilines is 1. The van der Waals surface area contributed by atoms with E-state index in [1.807, 2.05) is 18.2 Å². The molecule has 4 nitrogen and oxygen atoms in total. The quantitative estimate of drug-likeness (QED) is 0.662. The van der Waals surface area contributed by atoms with E-state index in [4.69, 9.17) is 5.26 Å². The fourth-order valence-corrected chi connectivity index (χ4v) is 2.63. The molecule has 1 aromatic carbocycles. The summed E-state index contributed by atoms with van der Waals surface area (Å²) in [7, 11) is 0. The third-order valence-corrected chi connectivity index (χ3v) is 3.88. The van der Waals surface area contributed by atoms with Gasteiger partial charge < -0.3 is 4.90 Å². The first-order chi connectivity index (χ1) is 13.0. The summed E-state index contributed by atoms with van der Waals surface area (Å²) >= 11 is 0. The van der Waals surface area contributed by atoms with Crippen molar-refractivity contribution in [3.63, 3.8) is 0 Å². The summed E-state index contributed by atoms with van der Waals surface area (Å²) in [6.07, 6.45) is -2.75. The Morgan fingerprint density at radius 3 is 2.48 bits per heavy atom. The monoisotopic (exact) mass is 368 g/mol. The summed E-state index contributed by atoms with van der Waals surface area (Å²) in [6, 6.07) is 17.6. The molecule has 2 heterocycles. The normalized spacial score (nSPS) is 11.0. The smallest absolute Gasteiger partial charge is 0.346 e. The molecule has 0 spiro atoms. The SMILES string of the molecule is N#Cc1cccc(N(Cc2cccc(C(F)(F)F)c2)Cc2ccccn2)n1. The molecule has 0 fully saturated rings. The maximum absolute atomic E-state index is 13.0. The number of hydrogen-bond donors (Lipinski definition) is 0. The molecule has 7 heteroatoms. The van der Waals surface area contributed by atoms with Crippen LogP contribution in [0.3, 0.4) is 0 Å². The summed E-state index contributed by atoms with van der Waals surface area (Å²) in [5.41, 5.74) is 0.776. The average Bonchev–Trinajstić information content (AvgIpc) is 2.68. The molecule has 0 aliphatic rings. The second kappa shape index (κ2) is 7.87. The Labute approximate surface area is 154 Å². The van der Waals surface area contributed by atoms with E-state index >= 15 is 0 Å². The summed E-state index contributed by atoms with van der Waals surface area (Å²) < 4.78 is 39.0. The minimum Gasteiger partial charge on any atom is -0.346 e. The molecule has 3 rings (SSSR count). The van der Waals surface area contributed by atoms with Gasteiger partial charge in [-0.3, -0.25) is 4.98 Å². The summed E-state index contributed by atoms with van der Waals surface area (Å²) in [6.45, 7) is 0.543. The number of halogens is 3. The van der Waals surface area contributed by atoms with Crippen LogP contribution in [0.15, 0.2) is 66.9 Å². The summed E-state index contributed by atoms with van der Waals surface area (Å²) in [5.74, 6) is 0.497. The van der Waals surface area contributed by atoms with E-state index in [2.05, 4.69) is 9.97 Å². The van der Waals surface area contributed by atoms with E-state index in [9.17, 15) is 13.2 Å². The predicted molar refractivity (Wildman–Crippen MR) is 94.5 cm³/mol. The molecule has 3 aromatic rings. The molecule has 2 aromatic heterocycles. The number of nitrogens with zero attached hydrogens (tertiary/aromatic N) is 4. The lowest BCUT2D eigenvalue weighted by molar-refractivity contribution is -0.137. The van der Waals surface area contributed by atoms with Crippen molar-refractivity contribution in [3.8, 4) is 6.07 Å². The number of aromatic nitrogens is 2. The van der Waals surface area contributed by atoms with Crippen LogP contribution in [0.5, 0.6) is 0 Å². The Kier molecular flexibility index (Phi) is 5.36. The van der Waals surface area contributed by atoms with Crippen LogP contribution in [0.2, 0.25) is 0 Å². The van der Waals surface area contributed by atoms with E-state index in [0.717, 1.165) is 17.8 Å². The Bertz CT molecular complexity index is 949. The van der Waals surface area contributed by atoms with Crippen molar-refractivity contribution in [2.75, 3.05) is 4.90 Å². The molecule has 136 valence electrons. The van der Waals surface area contributed by atoms with Gasteiger partial charge in [0, 0.05) is 12.7 Å². The van der Waals surface area contributed by atoms with E-state index in [1.54, 1.807) is 41.4 Å². The van der Waals surface area contributed by atoms with Crippen molar-refractivity contribution in [2.45, 2.75) is 19.3 Å². The molecule has 0 bridgehead atoms. The van der Waals surface area contributed by atoms with Crippen LogP contribution in [-0.2, 0) is 19.3 Å². The van der Waals surface area contributed by atoms with Gasteiger partial charge in [-0.25, -0.2) is 4.98 Å². The van der Waals surface area contributed by atoms with Gasteiger partial charge in [-0.2, -0.15) is 18.4 Å². The van der Waals surface area contributed by atoms with Crippen molar-refractivity contribution in [1.29, 1.82) is 5.26 Å². The molecule has 0 aliphatic heterocycles. The molecule has 0 saturated heterocycles. The first-order valence-corrected chi connectivity index (χ1v) is 8.14. The highest BCUT2D eigenvalue weighted by Gasteiger charge is 2.30. The van der Waals surface area contributed by atoms with Gasteiger partial charge in [0.2, 0.25) is 0 Å². The molecule has 0 aliphatic carbocycles. The van der Waals surface area contributed by atoms with Gasteiger partial charge in [-0.05, 0) is 42.0 Å². The molecule has 0 atom stereocenters. The minimum atomic E-state index is -4.40. The van der Waals surface area contributed by atoms with Crippen LogP contribution in [0.25, 0.3) is 0 Å². The van der Waals surface area contributed by atoms with Gasteiger partial charge >= 0.3 is 6.18 Å². The molecule has 0 saturated carbocycles. The van der Waals surface area contributed by atoms with Crippen LogP contribution in [-0.4, -0.2) is 9.97 Å². The van der Waals surface area contributed by atoms with Crippen molar-refractivity contribution < 1.29 is 13.2 Å². The van der Waals surface area contributed by atoms with E-state index < -0.39 is 11.7 Å². The lowest BCUT2D eigenvalue weighted by atomic mass is 10.1. The lowest BCUT2D eigenvalue weighted by Crippen LogP contribution is -2.24. The topological polar surface area (TPSA) is 52.8 Å². The first kappa shape index (κ1) is 18.4. The van der Waals surface area contributed by atoms with E-state index in [1.165, 1.54) is 6.07 Å². The minimum absolute atomic E-state index is 0.197. The average molecular weight is 368 g/mol. The fraction of sp³-hybridized carbons (Fsp3) is 0.150. The number of pyridine rings is 2. The van der Waals surface area contributed by atoms with Crippen LogP contribution < -0.4 is 4.90 Å². The molecule has 0 amide bonds. The Hall–Kier alpha value is -3.40. The predicted octanol–water partition coefficient (Wildman–Crippen LogP) is 4.57. The zero-order valence-electron chi connectivity index (χ0n) is 14.2. The van der Waals surface area contributed by atoms with Gasteiger partial charge in [0.15, 0.2) is 0 Å². The third kappa shape index (κ3) is 4.82. The Morgan fingerprint density at radius 2 is 1.78 bits per heavy atom. The molecule has 27 heavy (non-hydrogen) atoms. The van der Waals surface area contributed by atoms with Gasteiger partial charge in [0.1, 0.15) is 17.6 Å². The lowest BCUT2D eigenvalue weighted by Gasteiger charge is -2.24. The maximum Gasteiger partial charge on any atom is 0.416 e. The first-order valence-electron chi connectivity index (χ1n) is 8.14. The van der Waals surface area contributed by atoms with Crippen molar-refractivity contribution in [2.24, 2.45) is 0 Å². The van der Waals surface area contributed by atoms with Gasteiger partial charge in [-0.15, -0.1) is 0 Å². The zero-order chi connectivity index (χ0) is 19.3. The highest BCUT2D eigenvalue weighted by Crippen LogP contribution is 2.30. The molecular weight excluding hydrogens is 353 g/mol. The number of hydrogen-bond acceptors (Lipinski definition) is 4. The summed E-state index contributed by atoms with van der Waals surface area (Å²) in [5, 5.41) is 9.08. The van der Waals surface area contributed by atoms with Crippen LogP contribution in [0.1, 0.15) is 22.5 Å². The van der Waals surface area contributed by atoms with Crippen LogP contribution >= 0.6 is 0 Å². The number of nitriles is 1.